The van der Waals surface area contributed by atoms with Crippen molar-refractivity contribution in [2.24, 2.45) is 5.84 Å². The fourth-order valence-corrected chi connectivity index (χ4v) is 0.909. The van der Waals surface area contributed by atoms with Crippen molar-refractivity contribution in [3.05, 3.63) is 29.6 Å². The van der Waals surface area contributed by atoms with Gasteiger partial charge in [0.25, 0.3) is 0 Å². The molecule has 0 heterocycles. The fraction of sp³-hybridized carbons (Fsp3) is 0.125. The lowest BCUT2D eigenvalue weighted by Crippen LogP contribution is -2.09. The summed E-state index contributed by atoms with van der Waals surface area (Å²) in [7, 11) is 1.22. The standard InChI is InChI=1S/C8H9FN2O2/c1-13-8(12)5-2-6(9)4-7(3-5)11-10/h2-4,11H,10H2,1H3. The highest BCUT2D eigenvalue weighted by Crippen LogP contribution is 2.13. The highest BCUT2D eigenvalue weighted by Gasteiger charge is 2.07. The molecule has 0 bridgehead atoms. The van der Waals surface area contributed by atoms with Gasteiger partial charge in [0.05, 0.1) is 18.4 Å². The third kappa shape index (κ3) is 2.16. The van der Waals surface area contributed by atoms with E-state index in [1.807, 2.05) is 0 Å². The smallest absolute Gasteiger partial charge is 0.338 e. The minimum absolute atomic E-state index is 0.121. The van der Waals surface area contributed by atoms with Crippen LogP contribution in [-0.2, 0) is 4.74 Å². The second-order valence-electron chi connectivity index (χ2n) is 2.36. The van der Waals surface area contributed by atoms with Crippen LogP contribution in [0.15, 0.2) is 18.2 Å². The zero-order valence-electron chi connectivity index (χ0n) is 7.00. The molecule has 0 amide bonds. The first-order valence-electron chi connectivity index (χ1n) is 3.53. The van der Waals surface area contributed by atoms with Gasteiger partial charge in [0.1, 0.15) is 5.82 Å². The van der Waals surface area contributed by atoms with E-state index in [0.717, 1.165) is 6.07 Å². The molecule has 0 aliphatic rings. The highest BCUT2D eigenvalue weighted by atomic mass is 19.1. The molecule has 0 unspecified atom stereocenters. The molecule has 0 aliphatic heterocycles. The Bertz CT molecular complexity index is 328. The van der Waals surface area contributed by atoms with E-state index in [1.165, 1.54) is 19.2 Å². The van der Waals surface area contributed by atoms with Crippen LogP contribution in [-0.4, -0.2) is 13.1 Å². The first-order valence-corrected chi connectivity index (χ1v) is 3.53. The Labute approximate surface area is 74.5 Å². The molecule has 1 aromatic rings. The molecule has 0 saturated carbocycles. The van der Waals surface area contributed by atoms with Crippen molar-refractivity contribution in [2.45, 2.75) is 0 Å². The largest absolute Gasteiger partial charge is 0.465 e. The number of benzene rings is 1. The number of nitrogens with one attached hydrogen (secondary N) is 1. The maximum absolute atomic E-state index is 12.8. The average Bonchev–Trinajstić information content (AvgIpc) is 2.15. The summed E-state index contributed by atoms with van der Waals surface area (Å²) >= 11 is 0. The van der Waals surface area contributed by atoms with E-state index in [0.29, 0.717) is 5.69 Å². The number of carbonyl (C=O) groups excluding carboxylic acids is 1. The van der Waals surface area contributed by atoms with Gasteiger partial charge >= 0.3 is 5.97 Å². The predicted octanol–water partition coefficient (Wildman–Crippen LogP) is 0.898. The van der Waals surface area contributed by atoms with Crippen molar-refractivity contribution in [1.82, 2.24) is 0 Å². The number of esters is 1. The summed E-state index contributed by atoms with van der Waals surface area (Å²) in [6.07, 6.45) is 0. The third-order valence-electron chi connectivity index (χ3n) is 1.49. The SMILES string of the molecule is COC(=O)c1cc(F)cc(NN)c1. The summed E-state index contributed by atoms with van der Waals surface area (Å²) in [5.41, 5.74) is 2.68. The number of hydrogen-bond acceptors (Lipinski definition) is 4. The van der Waals surface area contributed by atoms with Gasteiger partial charge in [-0.3, -0.25) is 5.84 Å². The Morgan fingerprint density at radius 2 is 2.23 bits per heavy atom. The maximum Gasteiger partial charge on any atom is 0.338 e. The van der Waals surface area contributed by atoms with Gasteiger partial charge < -0.3 is 10.2 Å². The maximum atomic E-state index is 12.8. The number of halogens is 1. The molecule has 5 heteroatoms. The zero-order chi connectivity index (χ0) is 9.84. The first-order chi connectivity index (χ1) is 6.17. The molecule has 0 aromatic heterocycles. The predicted molar refractivity (Wildman–Crippen MR) is 45.5 cm³/mol. The lowest BCUT2D eigenvalue weighted by atomic mass is 10.2. The number of hydrogen-bond donors (Lipinski definition) is 2. The molecule has 0 saturated heterocycles. The number of nitrogen functional groups attached to an aromatic ring is 1. The summed E-state index contributed by atoms with van der Waals surface area (Å²) in [4.78, 5) is 11.0. The average molecular weight is 184 g/mol. The van der Waals surface area contributed by atoms with E-state index in [9.17, 15) is 9.18 Å². The molecule has 1 aromatic carbocycles. The molecule has 0 fully saturated rings. The van der Waals surface area contributed by atoms with E-state index < -0.39 is 11.8 Å². The molecule has 0 radical (unpaired) electrons. The van der Waals surface area contributed by atoms with Crippen molar-refractivity contribution in [2.75, 3.05) is 12.5 Å². The Kier molecular flexibility index (Phi) is 2.81. The second-order valence-corrected chi connectivity index (χ2v) is 2.36. The minimum Gasteiger partial charge on any atom is -0.465 e. The Morgan fingerprint density at radius 3 is 2.77 bits per heavy atom. The van der Waals surface area contributed by atoms with Gasteiger partial charge in [0.15, 0.2) is 0 Å². The van der Waals surface area contributed by atoms with Crippen LogP contribution in [0.4, 0.5) is 10.1 Å². The zero-order valence-corrected chi connectivity index (χ0v) is 7.00. The molecule has 1 rings (SSSR count). The van der Waals surface area contributed by atoms with Gasteiger partial charge in [-0.1, -0.05) is 0 Å². The topological polar surface area (TPSA) is 64.3 Å². The summed E-state index contributed by atoms with van der Waals surface area (Å²) in [6.45, 7) is 0. The lowest BCUT2D eigenvalue weighted by Gasteiger charge is -2.03. The van der Waals surface area contributed by atoms with Crippen LogP contribution in [0.3, 0.4) is 0 Å². The van der Waals surface area contributed by atoms with Crippen LogP contribution < -0.4 is 11.3 Å². The van der Waals surface area contributed by atoms with Crippen LogP contribution >= 0.6 is 0 Å². The summed E-state index contributed by atoms with van der Waals surface area (Å²) in [5.74, 6) is 3.91. The molecule has 70 valence electrons. The number of nitrogens with two attached hydrogens (primary N) is 1. The molecule has 3 N–H and O–H groups in total. The molecular weight excluding hydrogens is 175 g/mol. The lowest BCUT2D eigenvalue weighted by molar-refractivity contribution is 0.0600. The minimum atomic E-state index is -0.601. The number of anilines is 1. The Balaban J connectivity index is 3.08. The highest BCUT2D eigenvalue weighted by molar-refractivity contribution is 5.90. The molecule has 0 spiro atoms. The van der Waals surface area contributed by atoms with Crippen molar-refractivity contribution < 1.29 is 13.9 Å². The van der Waals surface area contributed by atoms with Gasteiger partial charge in [-0.05, 0) is 18.2 Å². The summed E-state index contributed by atoms with van der Waals surface area (Å²) in [5, 5.41) is 0. The van der Waals surface area contributed by atoms with Crippen LogP contribution in [0.1, 0.15) is 10.4 Å². The van der Waals surface area contributed by atoms with E-state index in [-0.39, 0.29) is 5.56 Å². The van der Waals surface area contributed by atoms with E-state index >= 15 is 0 Å². The van der Waals surface area contributed by atoms with E-state index in [4.69, 9.17) is 5.84 Å². The van der Waals surface area contributed by atoms with Crippen LogP contribution in [0.2, 0.25) is 0 Å². The Hall–Kier alpha value is -1.62. The fourth-order valence-electron chi connectivity index (χ4n) is 0.909. The number of rotatable bonds is 2. The quantitative estimate of drug-likeness (QED) is 0.407. The van der Waals surface area contributed by atoms with Gasteiger partial charge in [0.2, 0.25) is 0 Å². The molecule has 13 heavy (non-hydrogen) atoms. The number of hydrazine groups is 1. The van der Waals surface area contributed by atoms with Crippen LogP contribution in [0.5, 0.6) is 0 Å². The molecule has 0 atom stereocenters. The summed E-state index contributed by atoms with van der Waals surface area (Å²) < 4.78 is 17.2. The van der Waals surface area contributed by atoms with Gasteiger partial charge in [0, 0.05) is 0 Å². The molecule has 0 aliphatic carbocycles. The second kappa shape index (κ2) is 3.86. The number of methoxy groups -OCH3 is 1. The van der Waals surface area contributed by atoms with Crippen molar-refractivity contribution in [1.29, 1.82) is 0 Å². The van der Waals surface area contributed by atoms with Crippen molar-refractivity contribution in [3.63, 3.8) is 0 Å². The van der Waals surface area contributed by atoms with Gasteiger partial charge in [-0.2, -0.15) is 0 Å². The first kappa shape index (κ1) is 9.47. The van der Waals surface area contributed by atoms with Crippen molar-refractivity contribution >= 4 is 11.7 Å². The number of ether oxygens (including phenoxy) is 1. The Morgan fingerprint density at radius 1 is 1.54 bits per heavy atom. The summed E-state index contributed by atoms with van der Waals surface area (Å²) in [6, 6.07) is 3.65. The monoisotopic (exact) mass is 184 g/mol. The van der Waals surface area contributed by atoms with E-state index in [2.05, 4.69) is 10.2 Å². The van der Waals surface area contributed by atoms with Gasteiger partial charge in [-0.25, -0.2) is 9.18 Å². The van der Waals surface area contributed by atoms with Crippen LogP contribution in [0, 0.1) is 5.82 Å². The van der Waals surface area contributed by atoms with Crippen molar-refractivity contribution in [3.8, 4) is 0 Å². The number of carbonyl (C=O) groups is 1. The third-order valence-corrected chi connectivity index (χ3v) is 1.49. The molecular formula is C8H9FN2O2. The molecule has 4 nitrogen and oxygen atoms in total. The van der Waals surface area contributed by atoms with E-state index in [1.54, 1.807) is 0 Å². The normalized spacial score (nSPS) is 9.46. The van der Waals surface area contributed by atoms with Crippen LogP contribution in [0.25, 0.3) is 0 Å². The van der Waals surface area contributed by atoms with Gasteiger partial charge in [-0.15, -0.1) is 0 Å².